The van der Waals surface area contributed by atoms with Crippen molar-refractivity contribution in [2.75, 3.05) is 32.8 Å². The average molecular weight is 439 g/mol. The molecule has 2 aromatic carbocycles. The molecule has 1 aliphatic heterocycles. The molecule has 2 amide bonds. The van der Waals surface area contributed by atoms with Crippen molar-refractivity contribution in [2.45, 2.75) is 20.0 Å². The second-order valence-corrected chi connectivity index (χ2v) is 8.64. The Kier molecular flexibility index (Phi) is 6.53. The number of nitrogens with zero attached hydrogens (tertiary/aromatic N) is 1. The van der Waals surface area contributed by atoms with E-state index >= 15 is 0 Å². The van der Waals surface area contributed by atoms with Crippen LogP contribution in [0.15, 0.2) is 48.5 Å². The number of carbonyl (C=O) groups excluding carboxylic acids is 2. The van der Waals surface area contributed by atoms with E-state index in [1.54, 1.807) is 11.8 Å². The number of benzene rings is 2. The fraction of sp³-hybridized carbons (Fsp3) is 0.333. The Morgan fingerprint density at radius 1 is 1.19 bits per heavy atom. The molecule has 0 aliphatic carbocycles. The maximum Gasteiger partial charge on any atom is 0.261 e. The van der Waals surface area contributed by atoms with Crippen LogP contribution in [0, 0.1) is 6.92 Å². The zero-order chi connectivity index (χ0) is 21.8. The zero-order valence-corrected chi connectivity index (χ0v) is 18.5. The predicted molar refractivity (Wildman–Crippen MR) is 122 cm³/mol. The molecule has 4 rings (SSSR count). The Hall–Kier alpha value is -2.90. The van der Waals surface area contributed by atoms with Gasteiger partial charge in [-0.2, -0.15) is 0 Å². The summed E-state index contributed by atoms with van der Waals surface area (Å²) >= 11 is 1.45. The molecule has 1 fully saturated rings. The Labute approximate surface area is 185 Å². The van der Waals surface area contributed by atoms with E-state index in [2.05, 4.69) is 5.32 Å². The normalized spacial score (nSPS) is 16.3. The molecule has 1 aliphatic rings. The summed E-state index contributed by atoms with van der Waals surface area (Å²) in [5, 5.41) is 3.97. The van der Waals surface area contributed by atoms with Crippen molar-refractivity contribution in [2.24, 2.45) is 0 Å². The van der Waals surface area contributed by atoms with E-state index < -0.39 is 0 Å². The van der Waals surface area contributed by atoms with Crippen LogP contribution in [0.4, 0.5) is 0 Å². The highest BCUT2D eigenvalue weighted by Crippen LogP contribution is 2.38. The van der Waals surface area contributed by atoms with Crippen LogP contribution in [0.1, 0.15) is 33.8 Å². The lowest BCUT2D eigenvalue weighted by atomic mass is 10.0. The minimum Gasteiger partial charge on any atom is -0.492 e. The Balaban J connectivity index is 1.48. The van der Waals surface area contributed by atoms with E-state index in [9.17, 15) is 9.59 Å². The van der Waals surface area contributed by atoms with Crippen LogP contribution >= 0.6 is 11.3 Å². The van der Waals surface area contributed by atoms with Gasteiger partial charge < -0.3 is 19.7 Å². The van der Waals surface area contributed by atoms with Crippen LogP contribution in [0.2, 0.25) is 0 Å². The van der Waals surface area contributed by atoms with Crippen LogP contribution in [0.25, 0.3) is 10.1 Å². The molecule has 162 valence electrons. The number of carbonyl (C=O) groups is 2. The maximum atomic E-state index is 13.1. The van der Waals surface area contributed by atoms with Gasteiger partial charge in [0.2, 0.25) is 5.91 Å². The third-order valence-electron chi connectivity index (χ3n) is 5.35. The third kappa shape index (κ3) is 4.89. The molecule has 1 atom stereocenters. The topological polar surface area (TPSA) is 67.9 Å². The Bertz CT molecular complexity index is 1080. The Morgan fingerprint density at radius 2 is 1.97 bits per heavy atom. The molecular formula is C24H26N2O4S. The number of amides is 2. The first kappa shape index (κ1) is 21.3. The summed E-state index contributed by atoms with van der Waals surface area (Å²) in [6, 6.07) is 15.8. The fourth-order valence-electron chi connectivity index (χ4n) is 3.71. The number of thiophene rings is 1. The van der Waals surface area contributed by atoms with E-state index in [1.807, 2.05) is 55.5 Å². The summed E-state index contributed by atoms with van der Waals surface area (Å²) in [4.78, 5) is 27.3. The molecule has 31 heavy (non-hydrogen) atoms. The molecule has 7 heteroatoms. The first-order chi connectivity index (χ1) is 15.0. The molecule has 0 saturated carbocycles. The van der Waals surface area contributed by atoms with Gasteiger partial charge >= 0.3 is 0 Å². The molecule has 1 saturated heterocycles. The van der Waals surface area contributed by atoms with Crippen LogP contribution in [-0.4, -0.2) is 49.6 Å². The highest BCUT2D eigenvalue weighted by atomic mass is 32.1. The summed E-state index contributed by atoms with van der Waals surface area (Å²) in [5.74, 6) is 0.654. The molecule has 2 heterocycles. The van der Waals surface area contributed by atoms with Gasteiger partial charge in [0.1, 0.15) is 18.5 Å². The second kappa shape index (κ2) is 9.49. The largest absolute Gasteiger partial charge is 0.492 e. The summed E-state index contributed by atoms with van der Waals surface area (Å²) in [6.07, 6.45) is -0.321. The lowest BCUT2D eigenvalue weighted by molar-refractivity contribution is -0.136. The van der Waals surface area contributed by atoms with E-state index in [4.69, 9.17) is 9.47 Å². The lowest BCUT2D eigenvalue weighted by Gasteiger charge is -2.32. The van der Waals surface area contributed by atoms with Crippen LogP contribution in [0.3, 0.4) is 0 Å². The summed E-state index contributed by atoms with van der Waals surface area (Å²) in [5.41, 5.74) is 2.04. The smallest absolute Gasteiger partial charge is 0.261 e. The highest BCUT2D eigenvalue weighted by molar-refractivity contribution is 7.21. The first-order valence-corrected chi connectivity index (χ1v) is 11.2. The predicted octanol–water partition coefficient (Wildman–Crippen LogP) is 3.94. The van der Waals surface area contributed by atoms with Crippen molar-refractivity contribution >= 4 is 33.2 Å². The molecule has 1 N–H and O–H groups in total. The van der Waals surface area contributed by atoms with Crippen molar-refractivity contribution in [3.63, 3.8) is 0 Å². The third-order valence-corrected chi connectivity index (χ3v) is 6.54. The fourth-order valence-corrected chi connectivity index (χ4v) is 4.88. The van der Waals surface area contributed by atoms with Crippen molar-refractivity contribution in [3.05, 3.63) is 64.5 Å². The molecule has 0 unspecified atom stereocenters. The first-order valence-electron chi connectivity index (χ1n) is 10.4. The average Bonchev–Trinajstić information content (AvgIpc) is 3.17. The number of ether oxygens (including phenoxy) is 2. The number of rotatable bonds is 6. The molecule has 3 aromatic rings. The van der Waals surface area contributed by atoms with Gasteiger partial charge in [0, 0.05) is 23.7 Å². The highest BCUT2D eigenvalue weighted by Gasteiger charge is 2.30. The maximum absolute atomic E-state index is 13.1. The molecule has 0 radical (unpaired) electrons. The monoisotopic (exact) mass is 438 g/mol. The van der Waals surface area contributed by atoms with Gasteiger partial charge in [-0.3, -0.25) is 9.59 Å². The Morgan fingerprint density at radius 3 is 2.74 bits per heavy atom. The van der Waals surface area contributed by atoms with Crippen LogP contribution in [-0.2, 0) is 9.53 Å². The number of nitrogens with one attached hydrogen (secondary N) is 1. The van der Waals surface area contributed by atoms with Crippen molar-refractivity contribution < 1.29 is 19.1 Å². The standard InChI is InChI=1S/C24H26N2O4S/c1-16-7-9-18(10-8-16)29-13-11-25-24(28)23-22(19-5-3-4-6-21(19)31-23)20-15-26(17(2)27)12-14-30-20/h3-10,20H,11-15H2,1-2H3,(H,25,28)/t20-/m0/s1. The number of hydrogen-bond donors (Lipinski definition) is 1. The number of fused-ring (bicyclic) bond motifs is 1. The minimum absolute atomic E-state index is 0.0205. The van der Waals surface area contributed by atoms with Gasteiger partial charge in [-0.25, -0.2) is 0 Å². The second-order valence-electron chi connectivity index (χ2n) is 7.58. The van der Waals surface area contributed by atoms with Gasteiger partial charge in [0.15, 0.2) is 0 Å². The minimum atomic E-state index is -0.321. The number of morpholine rings is 1. The van der Waals surface area contributed by atoms with Gasteiger partial charge in [-0.05, 0) is 30.5 Å². The molecule has 6 nitrogen and oxygen atoms in total. The van der Waals surface area contributed by atoms with E-state index in [0.717, 1.165) is 21.4 Å². The molecule has 0 spiro atoms. The van der Waals surface area contributed by atoms with Crippen molar-refractivity contribution in [3.8, 4) is 5.75 Å². The summed E-state index contributed by atoms with van der Waals surface area (Å²) in [7, 11) is 0. The van der Waals surface area contributed by atoms with Crippen LogP contribution < -0.4 is 10.1 Å². The molecule has 0 bridgehead atoms. The quantitative estimate of drug-likeness (QED) is 0.592. The summed E-state index contributed by atoms with van der Waals surface area (Å²) in [6.45, 7) is 5.85. The lowest BCUT2D eigenvalue weighted by Crippen LogP contribution is -2.41. The van der Waals surface area contributed by atoms with Gasteiger partial charge in [0.05, 0.1) is 24.6 Å². The van der Waals surface area contributed by atoms with Gasteiger partial charge in [-0.1, -0.05) is 35.9 Å². The van der Waals surface area contributed by atoms with Crippen LogP contribution in [0.5, 0.6) is 5.75 Å². The van der Waals surface area contributed by atoms with E-state index in [0.29, 0.717) is 37.7 Å². The summed E-state index contributed by atoms with van der Waals surface area (Å²) < 4.78 is 12.7. The molecule has 1 aromatic heterocycles. The number of aryl methyl sites for hydroxylation is 1. The van der Waals surface area contributed by atoms with Crippen molar-refractivity contribution in [1.82, 2.24) is 10.2 Å². The van der Waals surface area contributed by atoms with E-state index in [1.165, 1.54) is 16.9 Å². The number of hydrogen-bond acceptors (Lipinski definition) is 5. The van der Waals surface area contributed by atoms with Gasteiger partial charge in [-0.15, -0.1) is 11.3 Å². The molecular weight excluding hydrogens is 412 g/mol. The van der Waals surface area contributed by atoms with E-state index in [-0.39, 0.29) is 17.9 Å². The SMILES string of the molecule is CC(=O)N1CCO[C@H](c2c(C(=O)NCCOc3ccc(C)cc3)sc3ccccc23)C1. The van der Waals surface area contributed by atoms with Crippen molar-refractivity contribution in [1.29, 1.82) is 0 Å². The van der Waals surface area contributed by atoms with Gasteiger partial charge in [0.25, 0.3) is 5.91 Å². The zero-order valence-electron chi connectivity index (χ0n) is 17.7.